The van der Waals surface area contributed by atoms with E-state index in [1.54, 1.807) is 45.7 Å². The molecule has 1 heterocycles. The number of ether oxygens (including phenoxy) is 2. The van der Waals surface area contributed by atoms with Gasteiger partial charge in [0.25, 0.3) is 0 Å². The number of rotatable bonds is 4. The summed E-state index contributed by atoms with van der Waals surface area (Å²) < 4.78 is 12.0. The fourth-order valence-electron chi connectivity index (χ4n) is 1.79. The van der Waals surface area contributed by atoms with Crippen LogP contribution in [0.25, 0.3) is 0 Å². The van der Waals surface area contributed by atoms with Crippen LogP contribution in [0.4, 0.5) is 0 Å². The highest BCUT2D eigenvalue weighted by Crippen LogP contribution is 2.36. The molecule has 1 N–H and O–H groups in total. The molecule has 0 aliphatic carbocycles. The molecule has 0 saturated heterocycles. The molecule has 18 heavy (non-hydrogen) atoms. The van der Waals surface area contributed by atoms with Crippen molar-refractivity contribution in [2.75, 3.05) is 14.2 Å². The lowest BCUT2D eigenvalue weighted by Crippen LogP contribution is -2.05. The van der Waals surface area contributed by atoms with Crippen molar-refractivity contribution in [3.8, 4) is 11.5 Å². The first-order valence-corrected chi connectivity index (χ1v) is 5.42. The third kappa shape index (κ3) is 2.14. The summed E-state index contributed by atoms with van der Waals surface area (Å²) in [5.74, 6) is 1.10. The van der Waals surface area contributed by atoms with Crippen LogP contribution in [-0.4, -0.2) is 34.3 Å². The van der Waals surface area contributed by atoms with Gasteiger partial charge in [-0.15, -0.1) is 5.10 Å². The molecule has 0 fully saturated rings. The summed E-state index contributed by atoms with van der Waals surface area (Å²) in [6.45, 7) is 0. The second-order valence-electron chi connectivity index (χ2n) is 3.80. The molecule has 1 aromatic heterocycles. The Hall–Kier alpha value is -2.08. The minimum Gasteiger partial charge on any atom is -0.496 e. The molecule has 1 unspecified atom stereocenters. The van der Waals surface area contributed by atoms with Gasteiger partial charge in [-0.1, -0.05) is 11.3 Å². The molecule has 0 spiro atoms. The molecule has 0 aliphatic rings. The molecule has 0 saturated carbocycles. The average molecular weight is 249 g/mol. The van der Waals surface area contributed by atoms with Gasteiger partial charge in [0.15, 0.2) is 0 Å². The number of aliphatic hydroxyl groups excluding tert-OH is 1. The van der Waals surface area contributed by atoms with E-state index in [-0.39, 0.29) is 0 Å². The van der Waals surface area contributed by atoms with Gasteiger partial charge in [-0.3, -0.25) is 4.68 Å². The molecule has 2 rings (SSSR count). The summed E-state index contributed by atoms with van der Waals surface area (Å²) >= 11 is 0. The topological polar surface area (TPSA) is 69.4 Å². The van der Waals surface area contributed by atoms with Crippen LogP contribution in [0.2, 0.25) is 0 Å². The van der Waals surface area contributed by atoms with Crippen LogP contribution < -0.4 is 9.47 Å². The van der Waals surface area contributed by atoms with Gasteiger partial charge in [0.2, 0.25) is 0 Å². The highest BCUT2D eigenvalue weighted by atomic mass is 16.5. The molecule has 1 atom stereocenters. The molecule has 96 valence electrons. The fourth-order valence-corrected chi connectivity index (χ4v) is 1.79. The van der Waals surface area contributed by atoms with Gasteiger partial charge in [0.05, 0.1) is 26.0 Å². The summed E-state index contributed by atoms with van der Waals surface area (Å²) in [5, 5.41) is 18.0. The zero-order chi connectivity index (χ0) is 13.1. The van der Waals surface area contributed by atoms with Crippen LogP contribution in [-0.2, 0) is 7.05 Å². The summed E-state index contributed by atoms with van der Waals surface area (Å²) in [6.07, 6.45) is 0.709. The molecule has 6 heteroatoms. The Bertz CT molecular complexity index is 517. The maximum Gasteiger partial charge on any atom is 0.132 e. The van der Waals surface area contributed by atoms with Crippen molar-refractivity contribution in [2.45, 2.75) is 6.10 Å². The van der Waals surface area contributed by atoms with Crippen molar-refractivity contribution >= 4 is 0 Å². The fraction of sp³-hybridized carbons (Fsp3) is 0.333. The van der Waals surface area contributed by atoms with Gasteiger partial charge in [-0.2, -0.15) is 0 Å². The molecule has 0 amide bonds. The number of benzene rings is 1. The van der Waals surface area contributed by atoms with Crippen LogP contribution in [0.15, 0.2) is 24.4 Å². The first-order valence-electron chi connectivity index (χ1n) is 5.42. The molecular weight excluding hydrogens is 234 g/mol. The van der Waals surface area contributed by atoms with Crippen LogP contribution >= 0.6 is 0 Å². The second-order valence-corrected chi connectivity index (χ2v) is 3.80. The molecule has 0 aliphatic heterocycles. The van der Waals surface area contributed by atoms with Crippen molar-refractivity contribution in [2.24, 2.45) is 7.05 Å². The van der Waals surface area contributed by atoms with E-state index in [0.717, 1.165) is 0 Å². The largest absolute Gasteiger partial charge is 0.496 e. The van der Waals surface area contributed by atoms with Crippen molar-refractivity contribution in [1.29, 1.82) is 0 Å². The first-order chi connectivity index (χ1) is 8.67. The summed E-state index contributed by atoms with van der Waals surface area (Å²) in [6, 6.07) is 5.32. The maximum absolute atomic E-state index is 10.4. The normalized spacial score (nSPS) is 12.2. The molecule has 1 aromatic carbocycles. The molecule has 0 radical (unpaired) electrons. The number of methoxy groups -OCH3 is 2. The lowest BCUT2D eigenvalue weighted by molar-refractivity contribution is 0.204. The number of aromatic nitrogens is 3. The smallest absolute Gasteiger partial charge is 0.132 e. The highest BCUT2D eigenvalue weighted by molar-refractivity contribution is 5.48. The predicted molar refractivity (Wildman–Crippen MR) is 64.6 cm³/mol. The number of aryl methyl sites for hydroxylation is 1. The number of nitrogens with zero attached hydrogens (tertiary/aromatic N) is 3. The van der Waals surface area contributed by atoms with Gasteiger partial charge in [-0.25, -0.2) is 0 Å². The van der Waals surface area contributed by atoms with E-state index in [2.05, 4.69) is 10.3 Å². The van der Waals surface area contributed by atoms with Crippen LogP contribution in [0.5, 0.6) is 11.5 Å². The Morgan fingerprint density at radius 3 is 2.28 bits per heavy atom. The van der Waals surface area contributed by atoms with E-state index in [0.29, 0.717) is 22.8 Å². The zero-order valence-electron chi connectivity index (χ0n) is 10.5. The van der Waals surface area contributed by atoms with E-state index in [1.807, 2.05) is 0 Å². The van der Waals surface area contributed by atoms with E-state index in [9.17, 15) is 5.11 Å². The molecule has 6 nitrogen and oxygen atoms in total. The maximum atomic E-state index is 10.4. The van der Waals surface area contributed by atoms with Gasteiger partial charge in [0, 0.05) is 7.05 Å². The number of hydrogen-bond acceptors (Lipinski definition) is 5. The SMILES string of the molecule is COc1cccc(OC)c1C(O)c1cn(C)nn1. The Kier molecular flexibility index (Phi) is 3.47. The quantitative estimate of drug-likeness (QED) is 0.872. The zero-order valence-corrected chi connectivity index (χ0v) is 10.5. The van der Waals surface area contributed by atoms with Crippen LogP contribution in [0.3, 0.4) is 0 Å². The van der Waals surface area contributed by atoms with Gasteiger partial charge < -0.3 is 14.6 Å². The van der Waals surface area contributed by atoms with Crippen molar-refractivity contribution in [1.82, 2.24) is 15.0 Å². The number of aliphatic hydroxyl groups is 1. The van der Waals surface area contributed by atoms with Crippen molar-refractivity contribution in [3.05, 3.63) is 35.7 Å². The average Bonchev–Trinajstić information content (AvgIpc) is 2.83. The van der Waals surface area contributed by atoms with E-state index >= 15 is 0 Å². The summed E-state index contributed by atoms with van der Waals surface area (Å²) in [7, 11) is 4.83. The number of hydrogen-bond donors (Lipinski definition) is 1. The van der Waals surface area contributed by atoms with Crippen LogP contribution in [0.1, 0.15) is 17.4 Å². The molecular formula is C12H15N3O3. The second kappa shape index (κ2) is 5.05. The van der Waals surface area contributed by atoms with Gasteiger partial charge in [0.1, 0.15) is 23.3 Å². The standard InChI is InChI=1S/C12H15N3O3/c1-15-7-8(13-14-15)12(16)11-9(17-2)5-4-6-10(11)18-3/h4-7,12,16H,1-3H3. The van der Waals surface area contributed by atoms with Crippen LogP contribution in [0, 0.1) is 0 Å². The van der Waals surface area contributed by atoms with Crippen molar-refractivity contribution in [3.63, 3.8) is 0 Å². The monoisotopic (exact) mass is 249 g/mol. The lowest BCUT2D eigenvalue weighted by Gasteiger charge is -2.16. The third-order valence-corrected chi connectivity index (χ3v) is 2.64. The minimum absolute atomic E-state index is 0.445. The lowest BCUT2D eigenvalue weighted by atomic mass is 10.0. The van der Waals surface area contributed by atoms with Crippen molar-refractivity contribution < 1.29 is 14.6 Å². The summed E-state index contributed by atoms with van der Waals surface area (Å²) in [4.78, 5) is 0. The highest BCUT2D eigenvalue weighted by Gasteiger charge is 2.22. The Balaban J connectivity index is 2.48. The predicted octanol–water partition coefficient (Wildman–Crippen LogP) is 0.914. The van der Waals surface area contributed by atoms with Gasteiger partial charge in [-0.05, 0) is 12.1 Å². The Morgan fingerprint density at radius 2 is 1.83 bits per heavy atom. The molecule has 2 aromatic rings. The van der Waals surface area contributed by atoms with Gasteiger partial charge >= 0.3 is 0 Å². The molecule has 0 bridgehead atoms. The van der Waals surface area contributed by atoms with E-state index in [1.165, 1.54) is 4.68 Å². The first kappa shape index (κ1) is 12.4. The Morgan fingerprint density at radius 1 is 1.22 bits per heavy atom. The van der Waals surface area contributed by atoms with E-state index in [4.69, 9.17) is 9.47 Å². The minimum atomic E-state index is -0.940. The summed E-state index contributed by atoms with van der Waals surface area (Å²) in [5.41, 5.74) is 0.989. The Labute approximate surface area is 105 Å². The van der Waals surface area contributed by atoms with E-state index < -0.39 is 6.10 Å². The third-order valence-electron chi connectivity index (χ3n) is 2.64.